The molecular weight excluding hydrogens is 196 g/mol. The second kappa shape index (κ2) is 3.13. The van der Waals surface area contributed by atoms with Crippen LogP contribution in [-0.4, -0.2) is 6.29 Å². The average Bonchev–Trinajstić information content (AvgIpc) is 2.62. The van der Waals surface area contributed by atoms with E-state index in [4.69, 9.17) is 11.0 Å². The summed E-state index contributed by atoms with van der Waals surface area (Å²) >= 11 is 1.45. The van der Waals surface area contributed by atoms with Gasteiger partial charge in [0, 0.05) is 21.0 Å². The van der Waals surface area contributed by atoms with Crippen LogP contribution in [0.25, 0.3) is 10.1 Å². The fourth-order valence-corrected chi connectivity index (χ4v) is 2.29. The van der Waals surface area contributed by atoms with E-state index in [0.717, 1.165) is 11.0 Å². The number of nitrogens with two attached hydrogens (primary N) is 1. The first-order chi connectivity index (χ1) is 6.77. The van der Waals surface area contributed by atoms with E-state index in [0.29, 0.717) is 22.2 Å². The maximum atomic E-state index is 10.7. The summed E-state index contributed by atoms with van der Waals surface area (Å²) in [5, 5.41) is 11.2. The molecule has 0 spiro atoms. The third-order valence-corrected chi connectivity index (χ3v) is 3.02. The highest BCUT2D eigenvalue weighted by Crippen LogP contribution is 2.31. The Morgan fingerprint density at radius 1 is 1.50 bits per heavy atom. The van der Waals surface area contributed by atoms with E-state index >= 15 is 0 Å². The molecule has 1 heterocycles. The summed E-state index contributed by atoms with van der Waals surface area (Å²) in [7, 11) is 0. The third-order valence-electron chi connectivity index (χ3n) is 2.06. The summed E-state index contributed by atoms with van der Waals surface area (Å²) in [5.41, 5.74) is 7.14. The summed E-state index contributed by atoms with van der Waals surface area (Å²) in [6, 6.07) is 5.47. The minimum atomic E-state index is 0.397. The maximum Gasteiger partial charge on any atom is 0.151 e. The molecule has 0 unspecified atom stereocenters. The van der Waals surface area contributed by atoms with Crippen molar-refractivity contribution in [1.29, 1.82) is 5.26 Å². The van der Waals surface area contributed by atoms with E-state index in [1.807, 2.05) is 12.1 Å². The number of nitriles is 1. The Kier molecular flexibility index (Phi) is 1.95. The van der Waals surface area contributed by atoms with Crippen LogP contribution in [0.15, 0.2) is 17.5 Å². The molecule has 0 saturated heterocycles. The van der Waals surface area contributed by atoms with Crippen molar-refractivity contribution in [2.75, 3.05) is 5.73 Å². The number of fused-ring (bicyclic) bond motifs is 1. The molecule has 1 aromatic carbocycles. The highest BCUT2D eigenvalue weighted by Gasteiger charge is 2.09. The Balaban J connectivity index is 2.92. The van der Waals surface area contributed by atoms with Gasteiger partial charge in [-0.15, -0.1) is 11.3 Å². The molecule has 1 aromatic heterocycles. The van der Waals surface area contributed by atoms with E-state index in [1.165, 1.54) is 11.3 Å². The quantitative estimate of drug-likeness (QED) is 0.569. The van der Waals surface area contributed by atoms with Crippen molar-refractivity contribution in [3.63, 3.8) is 0 Å². The zero-order valence-corrected chi connectivity index (χ0v) is 7.97. The maximum absolute atomic E-state index is 10.7. The van der Waals surface area contributed by atoms with Gasteiger partial charge in [0.15, 0.2) is 6.29 Å². The zero-order valence-electron chi connectivity index (χ0n) is 7.15. The zero-order chi connectivity index (χ0) is 10.1. The normalized spacial score (nSPS) is 9.93. The Hall–Kier alpha value is -1.86. The smallest absolute Gasteiger partial charge is 0.151 e. The highest BCUT2D eigenvalue weighted by atomic mass is 32.1. The van der Waals surface area contributed by atoms with Gasteiger partial charge in [0.1, 0.15) is 6.07 Å². The molecule has 2 rings (SSSR count). The Labute approximate surface area is 84.4 Å². The molecule has 0 aliphatic carbocycles. The summed E-state index contributed by atoms with van der Waals surface area (Å²) in [6.07, 6.45) is 0.760. The van der Waals surface area contributed by atoms with E-state index in [1.54, 1.807) is 11.4 Å². The molecule has 2 N–H and O–H groups in total. The fourth-order valence-electron chi connectivity index (χ4n) is 1.37. The third kappa shape index (κ3) is 1.07. The van der Waals surface area contributed by atoms with Crippen molar-refractivity contribution in [2.45, 2.75) is 0 Å². The van der Waals surface area contributed by atoms with Crippen LogP contribution < -0.4 is 5.73 Å². The van der Waals surface area contributed by atoms with Crippen molar-refractivity contribution < 1.29 is 4.79 Å². The van der Waals surface area contributed by atoms with Crippen LogP contribution in [0.2, 0.25) is 0 Å². The minimum absolute atomic E-state index is 0.397. The number of rotatable bonds is 1. The molecule has 0 aliphatic rings. The first-order valence-corrected chi connectivity index (χ1v) is 4.81. The van der Waals surface area contributed by atoms with Crippen molar-refractivity contribution in [3.05, 3.63) is 28.6 Å². The van der Waals surface area contributed by atoms with Gasteiger partial charge in [-0.1, -0.05) is 0 Å². The van der Waals surface area contributed by atoms with Crippen LogP contribution in [0.3, 0.4) is 0 Å². The Morgan fingerprint density at radius 3 is 2.93 bits per heavy atom. The topological polar surface area (TPSA) is 66.9 Å². The summed E-state index contributed by atoms with van der Waals surface area (Å²) < 4.78 is 0.934. The highest BCUT2D eigenvalue weighted by molar-refractivity contribution is 7.17. The number of thiophene rings is 1. The second-order valence-corrected chi connectivity index (χ2v) is 3.73. The Bertz CT molecular complexity index is 551. The average molecular weight is 202 g/mol. The standard InChI is InChI=1S/C10H6N2OS/c11-3-6-1-2-8-9(10(6)12)7(4-13)5-14-8/h1-2,4-5H,12H2. The van der Waals surface area contributed by atoms with Gasteiger partial charge >= 0.3 is 0 Å². The molecule has 14 heavy (non-hydrogen) atoms. The number of carbonyl (C=O) groups excluding carboxylic acids is 1. The lowest BCUT2D eigenvalue weighted by Crippen LogP contribution is -1.92. The van der Waals surface area contributed by atoms with E-state index in [-0.39, 0.29) is 0 Å². The predicted octanol–water partition coefficient (Wildman–Crippen LogP) is 2.17. The predicted molar refractivity (Wildman–Crippen MR) is 56.3 cm³/mol. The van der Waals surface area contributed by atoms with Crippen LogP contribution in [0.4, 0.5) is 5.69 Å². The number of hydrogen-bond donors (Lipinski definition) is 1. The summed E-state index contributed by atoms with van der Waals surface area (Å²) in [4.78, 5) is 10.7. The van der Waals surface area contributed by atoms with Crippen LogP contribution >= 0.6 is 11.3 Å². The largest absolute Gasteiger partial charge is 0.397 e. The molecule has 2 aromatic rings. The van der Waals surface area contributed by atoms with Crippen LogP contribution in [0.1, 0.15) is 15.9 Å². The van der Waals surface area contributed by atoms with E-state index in [2.05, 4.69) is 0 Å². The van der Waals surface area contributed by atoms with Gasteiger partial charge in [-0.2, -0.15) is 5.26 Å². The van der Waals surface area contributed by atoms with Gasteiger partial charge in [-0.3, -0.25) is 4.79 Å². The van der Waals surface area contributed by atoms with Crippen LogP contribution in [-0.2, 0) is 0 Å². The second-order valence-electron chi connectivity index (χ2n) is 2.82. The molecule has 3 nitrogen and oxygen atoms in total. The molecule has 0 bridgehead atoms. The lowest BCUT2D eigenvalue weighted by molar-refractivity contribution is 0.112. The SMILES string of the molecule is N#Cc1ccc2scc(C=O)c2c1N. The van der Waals surface area contributed by atoms with Crippen molar-refractivity contribution in [1.82, 2.24) is 0 Å². The van der Waals surface area contributed by atoms with Crippen molar-refractivity contribution in [3.8, 4) is 6.07 Å². The van der Waals surface area contributed by atoms with Gasteiger partial charge in [0.2, 0.25) is 0 Å². The number of hydrogen-bond acceptors (Lipinski definition) is 4. The minimum Gasteiger partial charge on any atom is -0.397 e. The monoisotopic (exact) mass is 202 g/mol. The van der Waals surface area contributed by atoms with Crippen LogP contribution in [0.5, 0.6) is 0 Å². The lowest BCUT2D eigenvalue weighted by Gasteiger charge is -1.99. The van der Waals surface area contributed by atoms with Crippen molar-refractivity contribution >= 4 is 33.4 Å². The lowest BCUT2D eigenvalue weighted by atomic mass is 10.1. The van der Waals surface area contributed by atoms with E-state index < -0.39 is 0 Å². The number of anilines is 1. The molecule has 0 saturated carbocycles. The molecule has 0 amide bonds. The van der Waals surface area contributed by atoms with Crippen LogP contribution in [0, 0.1) is 11.3 Å². The van der Waals surface area contributed by atoms with Gasteiger partial charge in [-0.25, -0.2) is 0 Å². The van der Waals surface area contributed by atoms with Gasteiger partial charge < -0.3 is 5.73 Å². The molecule has 0 atom stereocenters. The van der Waals surface area contributed by atoms with Gasteiger partial charge in [0.05, 0.1) is 11.3 Å². The summed E-state index contributed by atoms with van der Waals surface area (Å²) in [5.74, 6) is 0. The molecule has 0 radical (unpaired) electrons. The van der Waals surface area contributed by atoms with E-state index in [9.17, 15) is 4.79 Å². The molecular formula is C10H6N2OS. The fraction of sp³-hybridized carbons (Fsp3) is 0. The Morgan fingerprint density at radius 2 is 2.29 bits per heavy atom. The molecule has 0 aliphatic heterocycles. The van der Waals surface area contributed by atoms with Gasteiger partial charge in [-0.05, 0) is 12.1 Å². The number of nitrogens with zero attached hydrogens (tertiary/aromatic N) is 1. The first kappa shape index (κ1) is 8.73. The molecule has 0 fully saturated rings. The molecule has 4 heteroatoms. The van der Waals surface area contributed by atoms with Crippen molar-refractivity contribution in [2.24, 2.45) is 0 Å². The van der Waals surface area contributed by atoms with Gasteiger partial charge in [0.25, 0.3) is 0 Å². The molecule has 68 valence electrons. The first-order valence-electron chi connectivity index (χ1n) is 3.93. The number of benzene rings is 1. The number of carbonyl (C=O) groups is 1. The number of aldehydes is 1. The summed E-state index contributed by atoms with van der Waals surface area (Å²) in [6.45, 7) is 0. The number of nitrogen functional groups attached to an aromatic ring is 1.